The van der Waals surface area contributed by atoms with Crippen LogP contribution in [0.2, 0.25) is 0 Å². The predicted octanol–water partition coefficient (Wildman–Crippen LogP) is 3.91. The highest BCUT2D eigenvalue weighted by Gasteiger charge is 2.15. The molecule has 0 heterocycles. The molecule has 1 N–H and O–H groups in total. The maximum Gasteiger partial charge on any atom is 0.303 e. The number of aliphatic carboxylic acids is 1. The van der Waals surface area contributed by atoms with Gasteiger partial charge >= 0.3 is 5.97 Å². The van der Waals surface area contributed by atoms with Crippen LogP contribution in [0.25, 0.3) is 0 Å². The van der Waals surface area contributed by atoms with Crippen molar-refractivity contribution < 1.29 is 19.4 Å². The summed E-state index contributed by atoms with van der Waals surface area (Å²) in [6, 6.07) is 17.3. The summed E-state index contributed by atoms with van der Waals surface area (Å²) in [5.74, 6) is -0.123. The Morgan fingerprint density at radius 1 is 1.04 bits per heavy atom. The third-order valence-corrected chi connectivity index (χ3v) is 4.01. The largest absolute Gasteiger partial charge is 0.491 e. The van der Waals surface area contributed by atoms with Crippen molar-refractivity contribution in [1.29, 1.82) is 0 Å². The molecular weight excluding hydrogens is 342 g/mol. The third kappa shape index (κ3) is 7.52. The zero-order valence-electron chi connectivity index (χ0n) is 15.9. The van der Waals surface area contributed by atoms with Gasteiger partial charge in [0, 0.05) is 19.5 Å². The molecule has 0 aliphatic rings. The van der Waals surface area contributed by atoms with Gasteiger partial charge < -0.3 is 14.7 Å². The van der Waals surface area contributed by atoms with Gasteiger partial charge in [-0.25, -0.2) is 0 Å². The zero-order chi connectivity index (χ0) is 19.6. The molecule has 0 unspecified atom stereocenters. The third-order valence-electron chi connectivity index (χ3n) is 4.01. The number of ether oxygens (including phenoxy) is 1. The molecule has 2 rings (SSSR count). The minimum Gasteiger partial charge on any atom is -0.491 e. The summed E-state index contributed by atoms with van der Waals surface area (Å²) in [7, 11) is 0. The van der Waals surface area contributed by atoms with Crippen LogP contribution in [0.5, 0.6) is 5.75 Å². The Morgan fingerprint density at radius 2 is 1.74 bits per heavy atom. The number of nitrogens with zero attached hydrogens (tertiary/aromatic N) is 1. The summed E-state index contributed by atoms with van der Waals surface area (Å²) in [5, 5.41) is 8.88. The number of benzene rings is 2. The zero-order valence-corrected chi connectivity index (χ0v) is 15.9. The Bertz CT molecular complexity index is 743. The summed E-state index contributed by atoms with van der Waals surface area (Å²) < 4.78 is 5.69. The Labute approximate surface area is 160 Å². The van der Waals surface area contributed by atoms with Crippen LogP contribution in [0, 0.1) is 0 Å². The van der Waals surface area contributed by atoms with Gasteiger partial charge in [0.2, 0.25) is 5.91 Å². The molecular formula is C22H27NO4. The highest BCUT2D eigenvalue weighted by molar-refractivity contribution is 5.79. The van der Waals surface area contributed by atoms with E-state index >= 15 is 0 Å². The average molecular weight is 369 g/mol. The first kappa shape index (κ1) is 20.5. The van der Waals surface area contributed by atoms with E-state index in [4.69, 9.17) is 9.84 Å². The van der Waals surface area contributed by atoms with E-state index in [-0.39, 0.29) is 24.9 Å². The molecule has 0 aliphatic heterocycles. The molecule has 5 heteroatoms. The number of carboxylic acids is 1. The molecule has 2 aromatic rings. The Balaban J connectivity index is 2.06. The minimum atomic E-state index is -0.847. The average Bonchev–Trinajstić information content (AvgIpc) is 2.61. The van der Waals surface area contributed by atoms with Gasteiger partial charge in [-0.05, 0) is 43.5 Å². The van der Waals surface area contributed by atoms with Crippen LogP contribution < -0.4 is 4.74 Å². The molecule has 0 aliphatic carbocycles. The highest BCUT2D eigenvalue weighted by Crippen LogP contribution is 2.17. The molecule has 0 spiro atoms. The number of hydrogen-bond donors (Lipinski definition) is 1. The Kier molecular flexibility index (Phi) is 7.86. The molecule has 0 radical (unpaired) electrons. The van der Waals surface area contributed by atoms with Crippen molar-refractivity contribution in [2.75, 3.05) is 6.54 Å². The quantitative estimate of drug-likeness (QED) is 0.689. The first-order valence-electron chi connectivity index (χ1n) is 9.23. The number of carboxylic acid groups (broad SMARTS) is 1. The van der Waals surface area contributed by atoms with Gasteiger partial charge in [-0.15, -0.1) is 0 Å². The van der Waals surface area contributed by atoms with Crippen LogP contribution in [-0.4, -0.2) is 34.5 Å². The second kappa shape index (κ2) is 10.4. The Morgan fingerprint density at radius 3 is 2.41 bits per heavy atom. The van der Waals surface area contributed by atoms with Crippen molar-refractivity contribution in [2.45, 2.75) is 45.8 Å². The fourth-order valence-electron chi connectivity index (χ4n) is 2.80. The summed E-state index contributed by atoms with van der Waals surface area (Å²) >= 11 is 0. The van der Waals surface area contributed by atoms with Crippen molar-refractivity contribution in [2.24, 2.45) is 0 Å². The maximum absolute atomic E-state index is 12.9. The number of amides is 1. The number of carbonyl (C=O) groups excluding carboxylic acids is 1. The van der Waals surface area contributed by atoms with Gasteiger partial charge in [-0.1, -0.05) is 42.5 Å². The van der Waals surface area contributed by atoms with Gasteiger partial charge in [0.25, 0.3) is 0 Å². The van der Waals surface area contributed by atoms with E-state index in [1.54, 1.807) is 4.90 Å². The van der Waals surface area contributed by atoms with E-state index in [0.29, 0.717) is 19.5 Å². The molecule has 0 aromatic heterocycles. The Hall–Kier alpha value is -2.82. The SMILES string of the molecule is CC(C)Oc1cccc(CC(=O)N(CCCC(=O)O)Cc2ccccc2)c1. The molecule has 1 amide bonds. The minimum absolute atomic E-state index is 0.0223. The van der Waals surface area contributed by atoms with Crippen LogP contribution in [0.4, 0.5) is 0 Å². The summed E-state index contributed by atoms with van der Waals surface area (Å²) in [6.45, 7) is 4.81. The van der Waals surface area contributed by atoms with Crippen LogP contribution in [0.1, 0.15) is 37.8 Å². The van der Waals surface area contributed by atoms with E-state index in [9.17, 15) is 9.59 Å². The smallest absolute Gasteiger partial charge is 0.303 e. The fraction of sp³-hybridized carbons (Fsp3) is 0.364. The van der Waals surface area contributed by atoms with Gasteiger partial charge in [-0.2, -0.15) is 0 Å². The molecule has 0 saturated carbocycles. The first-order chi connectivity index (χ1) is 12.9. The van der Waals surface area contributed by atoms with Crippen molar-refractivity contribution in [3.8, 4) is 5.75 Å². The summed E-state index contributed by atoms with van der Waals surface area (Å²) in [4.78, 5) is 25.4. The predicted molar refractivity (Wildman–Crippen MR) is 105 cm³/mol. The topological polar surface area (TPSA) is 66.8 Å². The van der Waals surface area contributed by atoms with Crippen LogP contribution in [-0.2, 0) is 22.6 Å². The monoisotopic (exact) mass is 369 g/mol. The van der Waals surface area contributed by atoms with E-state index in [1.165, 1.54) is 0 Å². The van der Waals surface area contributed by atoms with E-state index in [1.807, 2.05) is 68.4 Å². The van der Waals surface area contributed by atoms with Gasteiger partial charge in [0.1, 0.15) is 5.75 Å². The van der Waals surface area contributed by atoms with Gasteiger partial charge in [0.05, 0.1) is 12.5 Å². The van der Waals surface area contributed by atoms with Gasteiger partial charge in [-0.3, -0.25) is 9.59 Å². The van der Waals surface area contributed by atoms with Crippen molar-refractivity contribution in [3.05, 3.63) is 65.7 Å². The lowest BCUT2D eigenvalue weighted by Crippen LogP contribution is -2.33. The van der Waals surface area contributed by atoms with Gasteiger partial charge in [0.15, 0.2) is 0 Å². The summed E-state index contributed by atoms with van der Waals surface area (Å²) in [6.07, 6.45) is 0.817. The molecule has 0 bridgehead atoms. The molecule has 27 heavy (non-hydrogen) atoms. The van der Waals surface area contributed by atoms with Crippen molar-refractivity contribution in [1.82, 2.24) is 4.90 Å². The fourth-order valence-corrected chi connectivity index (χ4v) is 2.80. The lowest BCUT2D eigenvalue weighted by atomic mass is 10.1. The molecule has 144 valence electrons. The molecule has 2 aromatic carbocycles. The normalized spacial score (nSPS) is 10.6. The second-order valence-corrected chi connectivity index (χ2v) is 6.79. The standard InChI is InChI=1S/C22H27NO4/c1-17(2)27-20-11-6-10-19(14-20)15-21(24)23(13-7-12-22(25)26)16-18-8-4-3-5-9-18/h3-6,8-11,14,17H,7,12-13,15-16H2,1-2H3,(H,25,26). The molecule has 0 fully saturated rings. The lowest BCUT2D eigenvalue weighted by molar-refractivity contribution is -0.138. The van der Waals surface area contributed by atoms with E-state index < -0.39 is 5.97 Å². The van der Waals surface area contributed by atoms with Crippen LogP contribution in [0.15, 0.2) is 54.6 Å². The lowest BCUT2D eigenvalue weighted by Gasteiger charge is -2.23. The van der Waals surface area contributed by atoms with Crippen LogP contribution in [0.3, 0.4) is 0 Å². The first-order valence-corrected chi connectivity index (χ1v) is 9.23. The number of hydrogen-bond acceptors (Lipinski definition) is 3. The molecule has 5 nitrogen and oxygen atoms in total. The van der Waals surface area contributed by atoms with E-state index in [2.05, 4.69) is 0 Å². The van der Waals surface area contributed by atoms with Crippen molar-refractivity contribution >= 4 is 11.9 Å². The second-order valence-electron chi connectivity index (χ2n) is 6.79. The molecule has 0 saturated heterocycles. The molecule has 0 atom stereocenters. The maximum atomic E-state index is 12.9. The van der Waals surface area contributed by atoms with E-state index in [0.717, 1.165) is 16.9 Å². The highest BCUT2D eigenvalue weighted by atomic mass is 16.5. The summed E-state index contributed by atoms with van der Waals surface area (Å²) in [5.41, 5.74) is 1.91. The number of rotatable bonds is 10. The number of carbonyl (C=O) groups is 2. The van der Waals surface area contributed by atoms with Crippen LogP contribution >= 0.6 is 0 Å². The van der Waals surface area contributed by atoms with Crippen molar-refractivity contribution in [3.63, 3.8) is 0 Å².